The fraction of sp³-hybridized carbons (Fsp3) is 0.333. The van der Waals surface area contributed by atoms with Gasteiger partial charge >= 0.3 is 0 Å². The summed E-state index contributed by atoms with van der Waals surface area (Å²) in [7, 11) is 1.59. The first kappa shape index (κ1) is 17.8. The predicted molar refractivity (Wildman–Crippen MR) is 93.2 cm³/mol. The second-order valence-corrected chi connectivity index (χ2v) is 5.94. The molecular weight excluding hydrogens is 338 g/mol. The highest BCUT2D eigenvalue weighted by molar-refractivity contribution is 5.95. The number of rotatable bonds is 4. The van der Waals surface area contributed by atoms with Gasteiger partial charge in [-0.05, 0) is 13.0 Å². The number of ether oxygens (including phenoxy) is 2. The van der Waals surface area contributed by atoms with E-state index in [9.17, 15) is 14.9 Å². The Kier molecular flexibility index (Phi) is 5.13. The molecule has 2 aromatic rings. The average Bonchev–Trinajstić information content (AvgIpc) is 2.67. The number of amides is 1. The SMILES string of the molecule is COc1ccccc1C1CN(C(=O)c2cc([N+](=O)[O-])cnc2C)CCO1. The van der Waals surface area contributed by atoms with Crippen molar-refractivity contribution >= 4 is 11.6 Å². The molecule has 0 saturated carbocycles. The topological polar surface area (TPSA) is 94.8 Å². The largest absolute Gasteiger partial charge is 0.496 e. The predicted octanol–water partition coefficient (Wildman–Crippen LogP) is 2.52. The number of methoxy groups -OCH3 is 1. The third kappa shape index (κ3) is 3.50. The molecule has 3 rings (SSSR count). The molecule has 8 heteroatoms. The van der Waals surface area contributed by atoms with Gasteiger partial charge in [-0.15, -0.1) is 0 Å². The van der Waals surface area contributed by atoms with Crippen LogP contribution >= 0.6 is 0 Å². The number of hydrogen-bond donors (Lipinski definition) is 0. The Morgan fingerprint density at radius 2 is 2.19 bits per heavy atom. The molecule has 1 aromatic heterocycles. The van der Waals surface area contributed by atoms with Crippen molar-refractivity contribution in [2.75, 3.05) is 26.8 Å². The Labute approximate surface area is 150 Å². The molecule has 0 spiro atoms. The van der Waals surface area contributed by atoms with Gasteiger partial charge in [0.05, 0.1) is 36.4 Å². The van der Waals surface area contributed by atoms with Crippen LogP contribution in [0.1, 0.15) is 27.7 Å². The number of morpholine rings is 1. The summed E-state index contributed by atoms with van der Waals surface area (Å²) in [6, 6.07) is 8.77. The molecule has 1 atom stereocenters. The zero-order valence-corrected chi connectivity index (χ0v) is 14.5. The highest BCUT2D eigenvalue weighted by Crippen LogP contribution is 2.30. The zero-order chi connectivity index (χ0) is 18.7. The Morgan fingerprint density at radius 1 is 1.42 bits per heavy atom. The summed E-state index contributed by atoms with van der Waals surface area (Å²) in [6.07, 6.45) is 0.832. The van der Waals surface area contributed by atoms with Gasteiger partial charge in [0.15, 0.2) is 0 Å². The molecule has 0 bridgehead atoms. The minimum atomic E-state index is -0.555. The first-order valence-corrected chi connectivity index (χ1v) is 8.16. The van der Waals surface area contributed by atoms with Crippen molar-refractivity contribution in [1.82, 2.24) is 9.88 Å². The van der Waals surface area contributed by atoms with E-state index in [4.69, 9.17) is 9.47 Å². The molecule has 26 heavy (non-hydrogen) atoms. The second kappa shape index (κ2) is 7.49. The molecule has 8 nitrogen and oxygen atoms in total. The molecule has 1 fully saturated rings. The van der Waals surface area contributed by atoms with Crippen LogP contribution in [0.2, 0.25) is 0 Å². The number of carbonyl (C=O) groups is 1. The number of aryl methyl sites for hydroxylation is 1. The summed E-state index contributed by atoms with van der Waals surface area (Å²) in [5.74, 6) is 0.405. The summed E-state index contributed by atoms with van der Waals surface area (Å²) in [6.45, 7) is 2.78. The number of aromatic nitrogens is 1. The molecule has 1 aliphatic heterocycles. The molecule has 1 amide bonds. The molecule has 1 aromatic carbocycles. The minimum absolute atomic E-state index is 0.200. The number of carbonyl (C=O) groups excluding carboxylic acids is 1. The van der Waals surface area contributed by atoms with Crippen LogP contribution < -0.4 is 4.74 Å². The van der Waals surface area contributed by atoms with E-state index in [1.165, 1.54) is 6.07 Å². The zero-order valence-electron chi connectivity index (χ0n) is 14.5. The Hall–Kier alpha value is -3.00. The summed E-state index contributed by atoms with van der Waals surface area (Å²) >= 11 is 0. The normalized spacial score (nSPS) is 17.0. The van der Waals surface area contributed by atoms with Gasteiger partial charge in [0.2, 0.25) is 0 Å². The summed E-state index contributed by atoms with van der Waals surface area (Å²) < 4.78 is 11.2. The van der Waals surface area contributed by atoms with Crippen LogP contribution in [0.5, 0.6) is 5.75 Å². The van der Waals surface area contributed by atoms with E-state index in [0.717, 1.165) is 11.8 Å². The summed E-state index contributed by atoms with van der Waals surface area (Å²) in [5.41, 5.74) is 1.36. The summed E-state index contributed by atoms with van der Waals surface area (Å²) in [5, 5.41) is 11.0. The lowest BCUT2D eigenvalue weighted by molar-refractivity contribution is -0.385. The maximum atomic E-state index is 12.9. The van der Waals surface area contributed by atoms with Gasteiger partial charge in [-0.1, -0.05) is 18.2 Å². The lowest BCUT2D eigenvalue weighted by Gasteiger charge is -2.33. The summed E-state index contributed by atoms with van der Waals surface area (Å²) in [4.78, 5) is 28.9. The van der Waals surface area contributed by atoms with E-state index < -0.39 is 4.92 Å². The van der Waals surface area contributed by atoms with Gasteiger partial charge in [0.25, 0.3) is 11.6 Å². The lowest BCUT2D eigenvalue weighted by Crippen LogP contribution is -2.42. The number of benzene rings is 1. The van der Waals surface area contributed by atoms with Crippen molar-refractivity contribution in [3.63, 3.8) is 0 Å². The molecule has 136 valence electrons. The number of nitrogens with zero attached hydrogens (tertiary/aromatic N) is 3. The van der Waals surface area contributed by atoms with Crippen LogP contribution in [0.3, 0.4) is 0 Å². The van der Waals surface area contributed by atoms with Crippen LogP contribution in [-0.4, -0.2) is 47.5 Å². The van der Waals surface area contributed by atoms with Crippen molar-refractivity contribution in [3.8, 4) is 5.75 Å². The van der Waals surface area contributed by atoms with Gasteiger partial charge < -0.3 is 14.4 Å². The molecule has 0 radical (unpaired) electrons. The Morgan fingerprint density at radius 3 is 2.92 bits per heavy atom. The van der Waals surface area contributed by atoms with Crippen molar-refractivity contribution < 1.29 is 19.2 Å². The van der Waals surface area contributed by atoms with Crippen LogP contribution in [-0.2, 0) is 4.74 Å². The number of para-hydroxylation sites is 1. The smallest absolute Gasteiger partial charge is 0.288 e. The lowest BCUT2D eigenvalue weighted by atomic mass is 10.1. The highest BCUT2D eigenvalue weighted by atomic mass is 16.6. The Bertz CT molecular complexity index is 839. The maximum Gasteiger partial charge on any atom is 0.288 e. The van der Waals surface area contributed by atoms with Gasteiger partial charge in [-0.2, -0.15) is 0 Å². The van der Waals surface area contributed by atoms with E-state index in [1.54, 1.807) is 18.9 Å². The minimum Gasteiger partial charge on any atom is -0.496 e. The van der Waals surface area contributed by atoms with Crippen molar-refractivity contribution in [3.05, 3.63) is 63.5 Å². The highest BCUT2D eigenvalue weighted by Gasteiger charge is 2.29. The molecule has 1 saturated heterocycles. The second-order valence-electron chi connectivity index (χ2n) is 5.94. The van der Waals surface area contributed by atoms with E-state index in [-0.39, 0.29) is 23.3 Å². The first-order valence-electron chi connectivity index (χ1n) is 8.16. The van der Waals surface area contributed by atoms with E-state index in [2.05, 4.69) is 4.98 Å². The Balaban J connectivity index is 1.85. The first-order chi connectivity index (χ1) is 12.5. The van der Waals surface area contributed by atoms with Crippen molar-refractivity contribution in [2.24, 2.45) is 0 Å². The van der Waals surface area contributed by atoms with E-state index in [0.29, 0.717) is 31.1 Å². The molecule has 2 heterocycles. The van der Waals surface area contributed by atoms with Crippen LogP contribution in [0.15, 0.2) is 36.5 Å². The number of pyridine rings is 1. The number of hydrogen-bond acceptors (Lipinski definition) is 6. The molecule has 1 aliphatic rings. The van der Waals surface area contributed by atoms with Gasteiger partial charge in [-0.3, -0.25) is 19.9 Å². The van der Waals surface area contributed by atoms with E-state index >= 15 is 0 Å². The molecule has 0 aliphatic carbocycles. The van der Waals surface area contributed by atoms with Gasteiger partial charge in [-0.25, -0.2) is 0 Å². The third-order valence-corrected chi connectivity index (χ3v) is 4.35. The average molecular weight is 357 g/mol. The van der Waals surface area contributed by atoms with E-state index in [1.807, 2.05) is 24.3 Å². The molecule has 0 N–H and O–H groups in total. The molecule has 1 unspecified atom stereocenters. The van der Waals surface area contributed by atoms with Crippen LogP contribution in [0, 0.1) is 17.0 Å². The van der Waals surface area contributed by atoms with Crippen LogP contribution in [0.25, 0.3) is 0 Å². The fourth-order valence-electron chi connectivity index (χ4n) is 2.96. The quantitative estimate of drug-likeness (QED) is 0.616. The monoisotopic (exact) mass is 357 g/mol. The number of nitro groups is 1. The van der Waals surface area contributed by atoms with Crippen LogP contribution in [0.4, 0.5) is 5.69 Å². The maximum absolute atomic E-state index is 12.9. The standard InChI is InChI=1S/C18H19N3O5/c1-12-15(9-13(10-19-12)21(23)24)18(22)20-7-8-26-17(11-20)14-5-3-4-6-16(14)25-2/h3-6,9-10,17H,7-8,11H2,1-2H3. The van der Waals surface area contributed by atoms with Gasteiger partial charge in [0.1, 0.15) is 18.1 Å². The fourth-order valence-corrected chi connectivity index (χ4v) is 2.96. The van der Waals surface area contributed by atoms with Crippen molar-refractivity contribution in [1.29, 1.82) is 0 Å². The third-order valence-electron chi connectivity index (χ3n) is 4.35. The molecular formula is C18H19N3O5. The van der Waals surface area contributed by atoms with Crippen molar-refractivity contribution in [2.45, 2.75) is 13.0 Å². The van der Waals surface area contributed by atoms with Gasteiger partial charge in [0, 0.05) is 18.2 Å².